The molecule has 3 aromatic heterocycles. The summed E-state index contributed by atoms with van der Waals surface area (Å²) in [6.45, 7) is 0. The lowest BCUT2D eigenvalue weighted by atomic mass is 10.0. The van der Waals surface area contributed by atoms with Gasteiger partial charge in [0, 0.05) is 36.8 Å². The van der Waals surface area contributed by atoms with E-state index in [0.29, 0.717) is 23.8 Å². The Bertz CT molecular complexity index is 868. The molecule has 0 atom stereocenters. The second kappa shape index (κ2) is 7.01. The SMILES string of the molecule is O=C(CCC1CCCC1)Nc1nn2cccnc2c1-c1cccnc1. The van der Waals surface area contributed by atoms with Crippen molar-refractivity contribution in [2.75, 3.05) is 5.32 Å². The molecule has 3 heterocycles. The first kappa shape index (κ1) is 15.7. The molecule has 0 aromatic carbocycles. The van der Waals surface area contributed by atoms with Crippen molar-refractivity contribution in [3.8, 4) is 11.1 Å². The number of pyridine rings is 1. The van der Waals surface area contributed by atoms with Crippen LogP contribution in [0.2, 0.25) is 0 Å². The first-order chi connectivity index (χ1) is 12.3. The van der Waals surface area contributed by atoms with Crippen molar-refractivity contribution < 1.29 is 4.79 Å². The van der Waals surface area contributed by atoms with Crippen LogP contribution in [0.5, 0.6) is 0 Å². The van der Waals surface area contributed by atoms with E-state index in [1.165, 1.54) is 25.7 Å². The summed E-state index contributed by atoms with van der Waals surface area (Å²) in [6, 6.07) is 5.64. The Morgan fingerprint density at radius 3 is 2.92 bits per heavy atom. The lowest BCUT2D eigenvalue weighted by molar-refractivity contribution is -0.116. The van der Waals surface area contributed by atoms with Crippen LogP contribution in [0, 0.1) is 5.92 Å². The summed E-state index contributed by atoms with van der Waals surface area (Å²) in [6.07, 6.45) is 13.7. The van der Waals surface area contributed by atoms with Gasteiger partial charge >= 0.3 is 0 Å². The van der Waals surface area contributed by atoms with Crippen LogP contribution in [0.15, 0.2) is 43.0 Å². The highest BCUT2D eigenvalue weighted by Gasteiger charge is 2.20. The van der Waals surface area contributed by atoms with Crippen molar-refractivity contribution in [3.63, 3.8) is 0 Å². The molecule has 1 aliphatic rings. The van der Waals surface area contributed by atoms with Crippen molar-refractivity contribution >= 4 is 17.4 Å². The summed E-state index contributed by atoms with van der Waals surface area (Å²) >= 11 is 0. The molecule has 1 saturated carbocycles. The molecule has 1 fully saturated rings. The fraction of sp³-hybridized carbons (Fsp3) is 0.368. The third-order valence-electron chi connectivity index (χ3n) is 4.86. The van der Waals surface area contributed by atoms with Gasteiger partial charge < -0.3 is 5.32 Å². The Hall–Kier alpha value is -2.76. The molecule has 1 N–H and O–H groups in total. The van der Waals surface area contributed by atoms with Gasteiger partial charge in [0.15, 0.2) is 11.5 Å². The number of nitrogens with zero attached hydrogens (tertiary/aromatic N) is 4. The minimum atomic E-state index is 0.0143. The standard InChI is InChI=1S/C19H21N5O/c25-16(9-8-14-5-1-2-6-14)22-18-17(15-7-3-10-20-13-15)19-21-11-4-12-24(19)23-18/h3-4,7,10-14H,1-2,5-6,8-9H2,(H,22,23,25). The number of hydrogen-bond donors (Lipinski definition) is 1. The highest BCUT2D eigenvalue weighted by atomic mass is 16.1. The van der Waals surface area contributed by atoms with E-state index in [-0.39, 0.29) is 5.91 Å². The average Bonchev–Trinajstić information content (AvgIpc) is 3.28. The number of amides is 1. The lowest BCUT2D eigenvalue weighted by Gasteiger charge is -2.09. The van der Waals surface area contributed by atoms with E-state index in [9.17, 15) is 4.79 Å². The molecule has 0 saturated heterocycles. The summed E-state index contributed by atoms with van der Waals surface area (Å²) in [5, 5.41) is 7.49. The van der Waals surface area contributed by atoms with E-state index in [1.807, 2.05) is 24.4 Å². The largest absolute Gasteiger partial charge is 0.309 e. The minimum absolute atomic E-state index is 0.0143. The quantitative estimate of drug-likeness (QED) is 0.771. The van der Waals surface area contributed by atoms with E-state index in [0.717, 1.165) is 17.5 Å². The Labute approximate surface area is 146 Å². The maximum absolute atomic E-state index is 12.4. The second-order valence-corrected chi connectivity index (χ2v) is 6.59. The maximum atomic E-state index is 12.4. The van der Waals surface area contributed by atoms with Crippen molar-refractivity contribution in [3.05, 3.63) is 43.0 Å². The van der Waals surface area contributed by atoms with Crippen molar-refractivity contribution in [2.45, 2.75) is 38.5 Å². The van der Waals surface area contributed by atoms with Crippen LogP contribution in [0.4, 0.5) is 5.82 Å². The summed E-state index contributed by atoms with van der Waals surface area (Å²) < 4.78 is 1.69. The Morgan fingerprint density at radius 1 is 1.24 bits per heavy atom. The van der Waals surface area contributed by atoms with Gasteiger partial charge in [-0.15, -0.1) is 5.10 Å². The molecule has 4 rings (SSSR count). The molecule has 0 radical (unpaired) electrons. The molecule has 25 heavy (non-hydrogen) atoms. The Morgan fingerprint density at radius 2 is 2.12 bits per heavy atom. The monoisotopic (exact) mass is 335 g/mol. The molecule has 0 spiro atoms. The molecule has 0 aliphatic heterocycles. The zero-order valence-corrected chi connectivity index (χ0v) is 14.1. The molecule has 3 aromatic rings. The van der Waals surface area contributed by atoms with Crippen LogP contribution in [-0.2, 0) is 4.79 Å². The lowest BCUT2D eigenvalue weighted by Crippen LogP contribution is -2.13. The van der Waals surface area contributed by atoms with Gasteiger partial charge in [0.1, 0.15) is 0 Å². The third kappa shape index (κ3) is 3.38. The van der Waals surface area contributed by atoms with E-state index < -0.39 is 0 Å². The summed E-state index contributed by atoms with van der Waals surface area (Å²) in [7, 11) is 0. The van der Waals surface area contributed by atoms with Crippen LogP contribution < -0.4 is 5.32 Å². The fourth-order valence-corrected chi connectivity index (χ4v) is 3.58. The summed E-state index contributed by atoms with van der Waals surface area (Å²) in [5.74, 6) is 1.26. The summed E-state index contributed by atoms with van der Waals surface area (Å²) in [4.78, 5) is 21.0. The molecule has 1 amide bonds. The predicted molar refractivity (Wildman–Crippen MR) is 96.0 cm³/mol. The van der Waals surface area contributed by atoms with Crippen LogP contribution >= 0.6 is 0 Å². The van der Waals surface area contributed by atoms with E-state index in [1.54, 1.807) is 23.1 Å². The number of anilines is 1. The number of rotatable bonds is 5. The van der Waals surface area contributed by atoms with Crippen LogP contribution in [0.3, 0.4) is 0 Å². The molecule has 6 heteroatoms. The van der Waals surface area contributed by atoms with Gasteiger partial charge in [0.05, 0.1) is 5.56 Å². The Kier molecular flexibility index (Phi) is 4.41. The maximum Gasteiger partial charge on any atom is 0.225 e. The highest BCUT2D eigenvalue weighted by molar-refractivity contribution is 5.97. The zero-order chi connectivity index (χ0) is 17.1. The normalized spacial score (nSPS) is 14.9. The molecule has 0 unspecified atom stereocenters. The van der Waals surface area contributed by atoms with Crippen LogP contribution in [-0.4, -0.2) is 25.5 Å². The van der Waals surface area contributed by atoms with Gasteiger partial charge in [-0.2, -0.15) is 0 Å². The van der Waals surface area contributed by atoms with Gasteiger partial charge in [-0.3, -0.25) is 9.78 Å². The van der Waals surface area contributed by atoms with Gasteiger partial charge in [-0.1, -0.05) is 31.7 Å². The number of hydrogen-bond acceptors (Lipinski definition) is 4. The molecule has 6 nitrogen and oxygen atoms in total. The summed E-state index contributed by atoms with van der Waals surface area (Å²) in [5.41, 5.74) is 2.41. The van der Waals surface area contributed by atoms with Gasteiger partial charge in [-0.05, 0) is 24.5 Å². The highest BCUT2D eigenvalue weighted by Crippen LogP contribution is 2.31. The second-order valence-electron chi connectivity index (χ2n) is 6.59. The van der Waals surface area contributed by atoms with E-state index in [4.69, 9.17) is 0 Å². The fourth-order valence-electron chi connectivity index (χ4n) is 3.58. The number of carbonyl (C=O) groups is 1. The number of fused-ring (bicyclic) bond motifs is 1. The average molecular weight is 335 g/mol. The van der Waals surface area contributed by atoms with Gasteiger partial charge in [-0.25, -0.2) is 9.50 Å². The molecule has 128 valence electrons. The van der Waals surface area contributed by atoms with Gasteiger partial charge in [0.2, 0.25) is 5.91 Å². The Balaban J connectivity index is 1.59. The molecule has 1 aliphatic carbocycles. The predicted octanol–water partition coefficient (Wildman–Crippen LogP) is 3.70. The van der Waals surface area contributed by atoms with Gasteiger partial charge in [0.25, 0.3) is 0 Å². The number of nitrogens with one attached hydrogen (secondary N) is 1. The van der Waals surface area contributed by atoms with Crippen molar-refractivity contribution in [1.29, 1.82) is 0 Å². The van der Waals surface area contributed by atoms with Crippen LogP contribution in [0.25, 0.3) is 16.8 Å². The van der Waals surface area contributed by atoms with Crippen LogP contribution in [0.1, 0.15) is 38.5 Å². The minimum Gasteiger partial charge on any atom is -0.309 e. The first-order valence-corrected chi connectivity index (χ1v) is 8.85. The molecular formula is C19H21N5O. The number of carbonyl (C=O) groups excluding carboxylic acids is 1. The van der Waals surface area contributed by atoms with E-state index >= 15 is 0 Å². The van der Waals surface area contributed by atoms with E-state index in [2.05, 4.69) is 20.4 Å². The molecular weight excluding hydrogens is 314 g/mol. The molecule has 0 bridgehead atoms. The third-order valence-corrected chi connectivity index (χ3v) is 4.86. The smallest absolute Gasteiger partial charge is 0.225 e. The topological polar surface area (TPSA) is 72.2 Å². The van der Waals surface area contributed by atoms with Crippen molar-refractivity contribution in [1.82, 2.24) is 19.6 Å². The number of aromatic nitrogens is 4. The zero-order valence-electron chi connectivity index (χ0n) is 14.1. The van der Waals surface area contributed by atoms with Crippen molar-refractivity contribution in [2.24, 2.45) is 5.92 Å². The first-order valence-electron chi connectivity index (χ1n) is 8.85.